The third kappa shape index (κ3) is 3.13. The van der Waals surface area contributed by atoms with Gasteiger partial charge in [0.05, 0.1) is 6.04 Å². The minimum absolute atomic E-state index is 0.0343. The second kappa shape index (κ2) is 7.25. The maximum Gasteiger partial charge on any atom is 0.273 e. The summed E-state index contributed by atoms with van der Waals surface area (Å²) in [5.74, 6) is -0.0116. The van der Waals surface area contributed by atoms with Crippen molar-refractivity contribution >= 4 is 5.91 Å². The van der Waals surface area contributed by atoms with E-state index in [9.17, 15) is 20.1 Å². The number of nitrogens with one attached hydrogen (secondary N) is 1. The quantitative estimate of drug-likeness (QED) is 0.533. The largest absolute Gasteiger partial charge is 0.508 e. The molecule has 4 rings (SSSR count). The topological polar surface area (TPSA) is 110 Å². The average molecular weight is 393 g/mol. The maximum atomic E-state index is 13.1. The number of hydrogen-bond donors (Lipinski definition) is 4. The van der Waals surface area contributed by atoms with Crippen molar-refractivity contribution in [2.45, 2.75) is 26.3 Å². The molecule has 1 aromatic heterocycles. The van der Waals surface area contributed by atoms with Gasteiger partial charge in [-0.25, -0.2) is 0 Å². The van der Waals surface area contributed by atoms with Gasteiger partial charge >= 0.3 is 0 Å². The Bertz CT molecular complexity index is 1070. The van der Waals surface area contributed by atoms with E-state index in [0.717, 1.165) is 16.7 Å². The predicted molar refractivity (Wildman–Crippen MR) is 108 cm³/mol. The van der Waals surface area contributed by atoms with Crippen LogP contribution in [-0.2, 0) is 0 Å². The highest BCUT2D eigenvalue weighted by Crippen LogP contribution is 2.45. The Morgan fingerprint density at radius 1 is 1.17 bits per heavy atom. The van der Waals surface area contributed by atoms with Crippen LogP contribution in [0.25, 0.3) is 11.3 Å². The second-order valence-electron chi connectivity index (χ2n) is 7.41. The minimum atomic E-state index is -0.481. The number of aromatic amines is 1. The molecule has 1 atom stereocenters. The molecular formula is C22H23N3O4. The van der Waals surface area contributed by atoms with Gasteiger partial charge in [0.1, 0.15) is 22.9 Å². The lowest BCUT2D eigenvalue weighted by Gasteiger charge is -2.26. The number of phenols is 2. The number of benzene rings is 2. The van der Waals surface area contributed by atoms with Crippen LogP contribution in [0.4, 0.5) is 0 Å². The van der Waals surface area contributed by atoms with Crippen molar-refractivity contribution < 1.29 is 20.1 Å². The summed E-state index contributed by atoms with van der Waals surface area (Å²) in [6, 6.07) is 9.92. The molecule has 0 fully saturated rings. The Balaban J connectivity index is 1.92. The van der Waals surface area contributed by atoms with Crippen LogP contribution in [0.5, 0.6) is 11.5 Å². The third-order valence-electron chi connectivity index (χ3n) is 5.30. The third-order valence-corrected chi connectivity index (χ3v) is 5.30. The molecule has 2 heterocycles. The van der Waals surface area contributed by atoms with E-state index in [1.54, 1.807) is 29.2 Å². The number of carbonyl (C=O) groups is 1. The van der Waals surface area contributed by atoms with Crippen LogP contribution in [0.15, 0.2) is 36.4 Å². The van der Waals surface area contributed by atoms with Crippen molar-refractivity contribution in [1.82, 2.24) is 15.1 Å². The molecular weight excluding hydrogens is 370 g/mol. The lowest BCUT2D eigenvalue weighted by atomic mass is 9.93. The summed E-state index contributed by atoms with van der Waals surface area (Å²) >= 11 is 0. The van der Waals surface area contributed by atoms with Gasteiger partial charge in [-0.3, -0.25) is 9.89 Å². The highest BCUT2D eigenvalue weighted by atomic mass is 16.3. The number of amides is 1. The standard InChI is InChI=1S/C22H23N3O4/c1-12-9-13(2)17(16(28)10-12)19-18-20(24-23-19)22(29)25(7-4-8-26)21(18)14-5-3-6-15(27)11-14/h3,5-6,9-11,21,26-28H,4,7-8H2,1-2H3,(H,23,24)/t21-/m1/s1. The zero-order valence-electron chi connectivity index (χ0n) is 16.3. The maximum absolute atomic E-state index is 13.1. The molecule has 0 spiro atoms. The summed E-state index contributed by atoms with van der Waals surface area (Å²) in [6.07, 6.45) is 0.433. The Hall–Kier alpha value is -3.32. The molecule has 7 heteroatoms. The molecule has 2 aromatic carbocycles. The van der Waals surface area contributed by atoms with Crippen molar-refractivity contribution in [1.29, 1.82) is 0 Å². The van der Waals surface area contributed by atoms with E-state index in [4.69, 9.17) is 0 Å². The number of nitrogens with zero attached hydrogens (tertiary/aromatic N) is 2. The van der Waals surface area contributed by atoms with E-state index in [1.807, 2.05) is 26.0 Å². The molecule has 1 aliphatic heterocycles. The van der Waals surface area contributed by atoms with Crippen LogP contribution in [0.3, 0.4) is 0 Å². The Labute approximate surface area is 168 Å². The van der Waals surface area contributed by atoms with Crippen LogP contribution in [0.1, 0.15) is 45.2 Å². The average Bonchev–Trinajstić information content (AvgIpc) is 3.19. The van der Waals surface area contributed by atoms with Crippen molar-refractivity contribution in [2.24, 2.45) is 0 Å². The first-order chi connectivity index (χ1) is 13.9. The van der Waals surface area contributed by atoms with Gasteiger partial charge < -0.3 is 20.2 Å². The van der Waals surface area contributed by atoms with Crippen molar-refractivity contribution in [3.8, 4) is 22.8 Å². The SMILES string of the molecule is Cc1cc(C)c(-c2n[nH]c3c2[C@@H](c2cccc(O)c2)N(CCCO)C3=O)c(O)c1. The normalized spacial score (nSPS) is 15.8. The van der Waals surface area contributed by atoms with Gasteiger partial charge in [-0.2, -0.15) is 5.10 Å². The number of aromatic nitrogens is 2. The number of rotatable bonds is 5. The second-order valence-corrected chi connectivity index (χ2v) is 7.41. The number of H-pyrrole nitrogens is 1. The van der Waals surface area contributed by atoms with E-state index < -0.39 is 6.04 Å². The predicted octanol–water partition coefficient (Wildman–Crippen LogP) is 3.03. The monoisotopic (exact) mass is 393 g/mol. The summed E-state index contributed by atoms with van der Waals surface area (Å²) < 4.78 is 0. The highest BCUT2D eigenvalue weighted by Gasteiger charge is 2.42. The first kappa shape index (κ1) is 19.0. The summed E-state index contributed by atoms with van der Waals surface area (Å²) in [7, 11) is 0. The first-order valence-corrected chi connectivity index (χ1v) is 9.52. The molecule has 0 unspecified atom stereocenters. The molecule has 0 saturated carbocycles. The Kier molecular flexibility index (Phi) is 4.76. The number of aliphatic hydroxyl groups excluding tert-OH is 1. The minimum Gasteiger partial charge on any atom is -0.508 e. The fourth-order valence-corrected chi connectivity index (χ4v) is 4.15. The highest BCUT2D eigenvalue weighted by molar-refractivity contribution is 6.00. The number of hydrogen-bond acceptors (Lipinski definition) is 5. The van der Waals surface area contributed by atoms with Crippen LogP contribution in [-0.4, -0.2) is 49.5 Å². The van der Waals surface area contributed by atoms with Gasteiger partial charge in [0.25, 0.3) is 5.91 Å². The molecule has 29 heavy (non-hydrogen) atoms. The fraction of sp³-hybridized carbons (Fsp3) is 0.273. The number of phenolic OH excluding ortho intramolecular Hbond substituents is 2. The number of aryl methyl sites for hydroxylation is 2. The molecule has 0 saturated heterocycles. The van der Waals surface area contributed by atoms with Gasteiger partial charge in [-0.15, -0.1) is 0 Å². The van der Waals surface area contributed by atoms with Crippen molar-refractivity contribution in [2.75, 3.05) is 13.2 Å². The number of aliphatic hydroxyl groups is 1. The molecule has 1 amide bonds. The Morgan fingerprint density at radius 2 is 1.97 bits per heavy atom. The molecule has 0 bridgehead atoms. The number of carbonyl (C=O) groups excluding carboxylic acids is 1. The van der Waals surface area contributed by atoms with Crippen LogP contribution in [0, 0.1) is 13.8 Å². The van der Waals surface area contributed by atoms with E-state index in [2.05, 4.69) is 10.2 Å². The molecule has 7 nitrogen and oxygen atoms in total. The summed E-state index contributed by atoms with van der Waals surface area (Å²) in [4.78, 5) is 14.8. The Morgan fingerprint density at radius 3 is 2.66 bits per heavy atom. The van der Waals surface area contributed by atoms with Gasteiger partial charge in [0.2, 0.25) is 0 Å². The van der Waals surface area contributed by atoms with Crippen LogP contribution < -0.4 is 0 Å². The van der Waals surface area contributed by atoms with Gasteiger partial charge in [-0.1, -0.05) is 18.2 Å². The molecule has 0 aliphatic carbocycles. The van der Waals surface area contributed by atoms with Crippen LogP contribution >= 0.6 is 0 Å². The smallest absolute Gasteiger partial charge is 0.273 e. The lowest BCUT2D eigenvalue weighted by Crippen LogP contribution is -2.31. The van der Waals surface area contributed by atoms with Crippen LogP contribution in [0.2, 0.25) is 0 Å². The lowest BCUT2D eigenvalue weighted by molar-refractivity contribution is 0.0732. The number of aromatic hydroxyl groups is 2. The molecule has 3 aromatic rings. The van der Waals surface area contributed by atoms with Crippen molar-refractivity contribution in [3.05, 3.63) is 64.3 Å². The van der Waals surface area contributed by atoms with Gasteiger partial charge in [0.15, 0.2) is 0 Å². The zero-order chi connectivity index (χ0) is 20.7. The van der Waals surface area contributed by atoms with E-state index in [-0.39, 0.29) is 24.0 Å². The zero-order valence-corrected chi connectivity index (χ0v) is 16.3. The van der Waals surface area contributed by atoms with Crippen molar-refractivity contribution in [3.63, 3.8) is 0 Å². The summed E-state index contributed by atoms with van der Waals surface area (Å²) in [5, 5.41) is 37.1. The molecule has 4 N–H and O–H groups in total. The molecule has 1 aliphatic rings. The molecule has 150 valence electrons. The van der Waals surface area contributed by atoms with E-state index >= 15 is 0 Å². The first-order valence-electron chi connectivity index (χ1n) is 9.52. The summed E-state index contributed by atoms with van der Waals surface area (Å²) in [6.45, 7) is 4.12. The summed E-state index contributed by atoms with van der Waals surface area (Å²) in [5.41, 5.74) is 4.65. The van der Waals surface area contributed by atoms with Gasteiger partial charge in [-0.05, 0) is 55.2 Å². The fourth-order valence-electron chi connectivity index (χ4n) is 4.15. The number of fused-ring (bicyclic) bond motifs is 1. The van der Waals surface area contributed by atoms with E-state index in [1.165, 1.54) is 0 Å². The van der Waals surface area contributed by atoms with E-state index in [0.29, 0.717) is 35.5 Å². The molecule has 0 radical (unpaired) electrons. The van der Waals surface area contributed by atoms with Gasteiger partial charge in [0, 0.05) is 24.3 Å².